The van der Waals surface area contributed by atoms with Gasteiger partial charge in [-0.25, -0.2) is 4.39 Å². The summed E-state index contributed by atoms with van der Waals surface area (Å²) < 4.78 is 30.1. The summed E-state index contributed by atoms with van der Waals surface area (Å²) in [5.74, 6) is 0.972. The molecule has 0 atom stereocenters. The van der Waals surface area contributed by atoms with Gasteiger partial charge < -0.3 is 19.3 Å². The molecule has 0 spiro atoms. The molecule has 1 fully saturated rings. The van der Waals surface area contributed by atoms with Crippen molar-refractivity contribution in [2.24, 2.45) is 5.41 Å². The third-order valence-electron chi connectivity index (χ3n) is 6.91. The smallest absolute Gasteiger partial charge is 0.169 e. The summed E-state index contributed by atoms with van der Waals surface area (Å²) in [6.45, 7) is 0. The summed E-state index contributed by atoms with van der Waals surface area (Å²) in [6, 6.07) is 15.8. The Balaban J connectivity index is 1.33. The Morgan fingerprint density at radius 3 is 2.16 bits per heavy atom. The normalized spacial score (nSPS) is 13.7. The molecule has 4 aromatic rings. The van der Waals surface area contributed by atoms with Crippen LogP contribution in [0.25, 0.3) is 10.9 Å². The van der Waals surface area contributed by atoms with Crippen LogP contribution in [0.5, 0.6) is 28.7 Å². The second-order valence-corrected chi connectivity index (χ2v) is 9.35. The lowest BCUT2D eigenvalue weighted by Crippen LogP contribution is -2.28. The van der Waals surface area contributed by atoms with Crippen LogP contribution in [0.2, 0.25) is 0 Å². The molecule has 8 heteroatoms. The van der Waals surface area contributed by atoms with Crippen LogP contribution in [0.3, 0.4) is 0 Å². The monoisotopic (exact) mass is 515 g/mol. The van der Waals surface area contributed by atoms with Crippen LogP contribution in [-0.2, 0) is 22.4 Å². The first kappa shape index (κ1) is 25.2. The fourth-order valence-electron chi connectivity index (χ4n) is 4.56. The number of Topliss-reactive ketones (excluding diaryl/α,β-unsaturated/α-hetero) is 2. The molecular formula is C30H26FNO6. The number of hydrogen-bond acceptors (Lipinski definition) is 7. The van der Waals surface area contributed by atoms with Crippen LogP contribution in [0, 0.1) is 11.2 Å². The Hall–Kier alpha value is -4.46. The van der Waals surface area contributed by atoms with E-state index < -0.39 is 5.41 Å². The molecule has 3 aromatic carbocycles. The third-order valence-corrected chi connectivity index (χ3v) is 6.91. The second-order valence-electron chi connectivity index (χ2n) is 9.35. The summed E-state index contributed by atoms with van der Waals surface area (Å²) in [4.78, 5) is 30.5. The minimum absolute atomic E-state index is 0.0270. The van der Waals surface area contributed by atoms with E-state index in [2.05, 4.69) is 4.98 Å². The van der Waals surface area contributed by atoms with Crippen molar-refractivity contribution in [3.05, 3.63) is 83.8 Å². The second kappa shape index (κ2) is 10.1. The van der Waals surface area contributed by atoms with Crippen LogP contribution in [0.4, 0.5) is 4.39 Å². The summed E-state index contributed by atoms with van der Waals surface area (Å²) in [5, 5.41) is 10.7. The minimum Gasteiger partial charge on any atom is -0.504 e. The number of pyridine rings is 1. The highest BCUT2D eigenvalue weighted by Gasteiger charge is 2.54. The van der Waals surface area contributed by atoms with Crippen LogP contribution in [0.15, 0.2) is 66.9 Å². The maximum atomic E-state index is 13.2. The molecule has 7 nitrogen and oxygen atoms in total. The number of carbonyl (C=O) groups excluding carboxylic acids is 2. The van der Waals surface area contributed by atoms with Gasteiger partial charge in [0.05, 0.1) is 25.2 Å². The van der Waals surface area contributed by atoms with Crippen molar-refractivity contribution in [2.75, 3.05) is 14.2 Å². The number of aromatic hydroxyl groups is 1. The van der Waals surface area contributed by atoms with Gasteiger partial charge in [0.25, 0.3) is 0 Å². The van der Waals surface area contributed by atoms with Crippen molar-refractivity contribution in [1.29, 1.82) is 0 Å². The fourth-order valence-corrected chi connectivity index (χ4v) is 4.56. The molecular weight excluding hydrogens is 489 g/mol. The number of methoxy groups -OCH3 is 2. The third kappa shape index (κ3) is 4.89. The molecule has 0 bridgehead atoms. The molecule has 194 valence electrons. The van der Waals surface area contributed by atoms with Crippen molar-refractivity contribution >= 4 is 22.5 Å². The molecule has 1 aliphatic rings. The van der Waals surface area contributed by atoms with Gasteiger partial charge in [0.1, 0.15) is 11.6 Å². The van der Waals surface area contributed by atoms with Gasteiger partial charge in [0.2, 0.25) is 0 Å². The zero-order chi connectivity index (χ0) is 26.9. The summed E-state index contributed by atoms with van der Waals surface area (Å²) in [7, 11) is 2.97. The van der Waals surface area contributed by atoms with Gasteiger partial charge in [-0.15, -0.1) is 0 Å². The number of fused-ring (bicyclic) bond motifs is 1. The largest absolute Gasteiger partial charge is 0.504 e. The van der Waals surface area contributed by atoms with Crippen molar-refractivity contribution < 1.29 is 33.3 Å². The van der Waals surface area contributed by atoms with Crippen LogP contribution in [0.1, 0.15) is 24.0 Å². The van der Waals surface area contributed by atoms with E-state index in [0.717, 1.165) is 0 Å². The molecule has 1 aromatic heterocycles. The van der Waals surface area contributed by atoms with Crippen molar-refractivity contribution in [3.63, 3.8) is 0 Å². The van der Waals surface area contributed by atoms with Crippen molar-refractivity contribution in [1.82, 2.24) is 4.98 Å². The number of nitrogens with zero attached hydrogens (tertiary/aromatic N) is 1. The number of phenols is 1. The molecule has 1 saturated carbocycles. The summed E-state index contributed by atoms with van der Waals surface area (Å²) >= 11 is 0. The van der Waals surface area contributed by atoms with E-state index in [4.69, 9.17) is 14.2 Å². The first-order valence-corrected chi connectivity index (χ1v) is 12.1. The Morgan fingerprint density at radius 1 is 0.842 bits per heavy atom. The Labute approximate surface area is 218 Å². The Morgan fingerprint density at radius 2 is 1.50 bits per heavy atom. The number of phenolic OH excluding ortho intramolecular Hbond substituents is 1. The van der Waals surface area contributed by atoms with E-state index in [1.807, 2.05) is 0 Å². The number of carbonyl (C=O) groups is 2. The lowest BCUT2D eigenvalue weighted by atomic mass is 9.88. The minimum atomic E-state index is -0.975. The standard InChI is InChI=1S/C30H26FNO6/c1-36-26-16-21-22(17-23(26)33)32-12-9-24(21)38-25-8-5-19(13-27(25)37-2)15-29(35)30(10-11-30)28(34)14-18-3-6-20(31)7-4-18/h3-9,12-13,16-17,33H,10-11,14-15H2,1-2H3. The zero-order valence-electron chi connectivity index (χ0n) is 21.0. The molecule has 0 amide bonds. The lowest BCUT2D eigenvalue weighted by Gasteiger charge is -2.16. The molecule has 1 heterocycles. The van der Waals surface area contributed by atoms with Gasteiger partial charge in [-0.2, -0.15) is 0 Å². The molecule has 1 aliphatic carbocycles. The molecule has 5 rings (SSSR count). The van der Waals surface area contributed by atoms with Crippen molar-refractivity contribution in [3.8, 4) is 28.7 Å². The SMILES string of the molecule is COc1cc2c(Oc3ccc(CC(=O)C4(C(=O)Cc5ccc(F)cc5)CC4)cc3OC)ccnc2cc1O. The number of ether oxygens (including phenoxy) is 3. The fraction of sp³-hybridized carbons (Fsp3) is 0.233. The van der Waals surface area contributed by atoms with Gasteiger partial charge in [-0.1, -0.05) is 18.2 Å². The number of hydrogen-bond donors (Lipinski definition) is 1. The average molecular weight is 516 g/mol. The van der Waals surface area contributed by atoms with Crippen LogP contribution in [-0.4, -0.2) is 35.9 Å². The number of ketones is 2. The van der Waals surface area contributed by atoms with Gasteiger partial charge in [0.15, 0.2) is 34.6 Å². The Bertz CT molecular complexity index is 1530. The van der Waals surface area contributed by atoms with E-state index in [1.54, 1.807) is 48.7 Å². The Kier molecular flexibility index (Phi) is 6.72. The number of benzene rings is 3. The quantitative estimate of drug-likeness (QED) is 0.275. The van der Waals surface area contributed by atoms with Gasteiger partial charge in [-0.3, -0.25) is 14.6 Å². The molecule has 0 saturated heterocycles. The number of rotatable bonds is 10. The predicted octanol–water partition coefficient (Wildman–Crippen LogP) is 5.59. The molecule has 1 N–H and O–H groups in total. The zero-order valence-corrected chi connectivity index (χ0v) is 21.0. The molecule has 38 heavy (non-hydrogen) atoms. The van der Waals surface area contributed by atoms with E-state index in [9.17, 15) is 19.1 Å². The van der Waals surface area contributed by atoms with Crippen LogP contribution >= 0.6 is 0 Å². The van der Waals surface area contributed by atoms with Gasteiger partial charge in [0, 0.05) is 30.5 Å². The van der Waals surface area contributed by atoms with Gasteiger partial charge in [-0.05, 0) is 60.4 Å². The number of aromatic nitrogens is 1. The van der Waals surface area contributed by atoms with E-state index in [0.29, 0.717) is 57.9 Å². The highest BCUT2D eigenvalue weighted by Crippen LogP contribution is 2.49. The average Bonchev–Trinajstić information content (AvgIpc) is 3.73. The first-order chi connectivity index (χ1) is 18.3. The van der Waals surface area contributed by atoms with Crippen molar-refractivity contribution in [2.45, 2.75) is 25.7 Å². The van der Waals surface area contributed by atoms with Gasteiger partial charge >= 0.3 is 0 Å². The maximum absolute atomic E-state index is 13.2. The summed E-state index contributed by atoms with van der Waals surface area (Å²) in [5.41, 5.74) is 0.945. The van der Waals surface area contributed by atoms with E-state index in [1.165, 1.54) is 32.4 Å². The highest BCUT2D eigenvalue weighted by molar-refractivity contribution is 6.11. The van der Waals surface area contributed by atoms with E-state index >= 15 is 0 Å². The maximum Gasteiger partial charge on any atom is 0.169 e. The summed E-state index contributed by atoms with van der Waals surface area (Å²) in [6.07, 6.45) is 2.81. The first-order valence-electron chi connectivity index (χ1n) is 12.1. The van der Waals surface area contributed by atoms with E-state index in [-0.39, 0.29) is 36.0 Å². The highest BCUT2D eigenvalue weighted by atomic mass is 19.1. The number of halogens is 1. The molecule has 0 aliphatic heterocycles. The molecule has 0 radical (unpaired) electrons. The topological polar surface area (TPSA) is 95.0 Å². The predicted molar refractivity (Wildman–Crippen MR) is 139 cm³/mol. The van der Waals surface area contributed by atoms with Crippen LogP contribution < -0.4 is 14.2 Å². The lowest BCUT2D eigenvalue weighted by molar-refractivity contribution is -0.133. The molecule has 0 unspecified atom stereocenters.